The van der Waals surface area contributed by atoms with Crippen molar-refractivity contribution in [3.63, 3.8) is 0 Å². The number of carboxylic acid groups (broad SMARTS) is 1. The fraction of sp³-hybridized carbons (Fsp3) is 0.625. The van der Waals surface area contributed by atoms with Crippen molar-refractivity contribution in [3.05, 3.63) is 28.8 Å². The van der Waals surface area contributed by atoms with Gasteiger partial charge < -0.3 is 30.3 Å². The van der Waals surface area contributed by atoms with E-state index in [0.717, 1.165) is 36.0 Å². The predicted molar refractivity (Wildman–Crippen MR) is 114 cm³/mol. The number of Topliss-reactive ketones (excluding diaryl/α,β-unsaturated/α-hetero) is 1. The number of fused-ring (bicyclic) bond motifs is 1. The molecule has 8 nitrogen and oxygen atoms in total. The van der Waals surface area contributed by atoms with Crippen molar-refractivity contribution in [2.45, 2.75) is 68.9 Å². The maximum absolute atomic E-state index is 12.6. The zero-order chi connectivity index (χ0) is 23.5. The van der Waals surface area contributed by atoms with Crippen LogP contribution in [-0.2, 0) is 21.4 Å². The summed E-state index contributed by atoms with van der Waals surface area (Å²) >= 11 is 0. The first-order chi connectivity index (χ1) is 14.9. The van der Waals surface area contributed by atoms with Gasteiger partial charge in [0.2, 0.25) is 0 Å². The number of amides is 1. The van der Waals surface area contributed by atoms with Crippen molar-refractivity contribution in [1.82, 2.24) is 0 Å². The summed E-state index contributed by atoms with van der Waals surface area (Å²) in [5, 5.41) is 32.1. The Kier molecular flexibility index (Phi) is 5.37. The molecule has 0 aromatic heterocycles. The lowest BCUT2D eigenvalue weighted by molar-refractivity contribution is -0.950. The van der Waals surface area contributed by atoms with Gasteiger partial charge in [0, 0.05) is 48.5 Å². The zero-order valence-electron chi connectivity index (χ0n) is 18.7. The van der Waals surface area contributed by atoms with E-state index in [4.69, 9.17) is 15.6 Å². The van der Waals surface area contributed by atoms with Crippen molar-refractivity contribution in [1.29, 1.82) is 0 Å². The first-order valence-electron chi connectivity index (χ1n) is 11.3. The number of carbonyl (C=O) groups excluding carboxylic acids is 3. The van der Waals surface area contributed by atoms with E-state index in [0.29, 0.717) is 31.2 Å². The van der Waals surface area contributed by atoms with Crippen LogP contribution in [-0.4, -0.2) is 64.1 Å². The Morgan fingerprint density at radius 2 is 1.94 bits per heavy atom. The molecule has 1 saturated heterocycles. The van der Waals surface area contributed by atoms with Gasteiger partial charge in [-0.15, -0.1) is 0 Å². The Hall–Kier alpha value is -2.45. The van der Waals surface area contributed by atoms with E-state index in [9.17, 15) is 19.8 Å². The molecule has 1 amide bonds. The van der Waals surface area contributed by atoms with Crippen LogP contribution in [0.2, 0.25) is 0 Å². The van der Waals surface area contributed by atoms with Gasteiger partial charge in [-0.05, 0) is 37.8 Å². The highest BCUT2D eigenvalue weighted by molar-refractivity contribution is 5.96. The molecule has 1 aromatic carbocycles. The predicted octanol–water partition coefficient (Wildman–Crippen LogP) is 0.154. The number of nitrogens with zero attached hydrogens (tertiary/aromatic N) is 1. The normalized spacial score (nSPS) is 35.1. The highest BCUT2D eigenvalue weighted by Crippen LogP contribution is 2.61. The lowest BCUT2D eigenvalue weighted by Crippen LogP contribution is -2.78. The SMILES string of the molecule is CC(=O)[O-].C[N+]1(CC2CC2)CC[C@]23CC(=O)CC[C@@]2(O)[C@H]1Cc1ccc(C(N)=O)c(O)c13. The summed E-state index contributed by atoms with van der Waals surface area (Å²) in [6.45, 7) is 2.91. The standard InChI is InChI=1S/C22H28N2O4.C2H4O2/c1-24(12-13-2-3-13)9-8-21-11-15(25)6-7-22(21,28)17(24)10-14-4-5-16(20(23)27)19(26)18(14)21;1-2(3)4/h4-5,13,17,28H,2-3,6-12H2,1H3,(H2-,23,26,27);1H3,(H,3,4)/t17-,21-,22-,24?;/m1./s1. The molecule has 174 valence electrons. The Labute approximate surface area is 187 Å². The minimum absolute atomic E-state index is 0.00118. The molecular weight excluding hydrogens is 412 g/mol. The molecule has 4 N–H and O–H groups in total. The second kappa shape index (κ2) is 7.56. The highest BCUT2D eigenvalue weighted by atomic mass is 16.4. The maximum atomic E-state index is 12.6. The minimum atomic E-state index is -1.08. The number of hydrogen-bond acceptors (Lipinski definition) is 6. The Balaban J connectivity index is 0.000000567. The molecule has 0 spiro atoms. The van der Waals surface area contributed by atoms with E-state index in [1.807, 2.05) is 6.07 Å². The number of primary amides is 1. The Morgan fingerprint density at radius 1 is 1.28 bits per heavy atom. The first kappa shape index (κ1) is 22.7. The van der Waals surface area contributed by atoms with Gasteiger partial charge in [0.25, 0.3) is 5.91 Å². The molecule has 0 radical (unpaired) electrons. The summed E-state index contributed by atoms with van der Waals surface area (Å²) in [7, 11) is 2.25. The summed E-state index contributed by atoms with van der Waals surface area (Å²) in [4.78, 5) is 33.3. The van der Waals surface area contributed by atoms with Gasteiger partial charge in [-0.3, -0.25) is 9.59 Å². The third-order valence-corrected chi connectivity index (χ3v) is 8.26. The van der Waals surface area contributed by atoms with E-state index < -0.39 is 22.9 Å². The molecule has 2 saturated carbocycles. The number of quaternary nitrogens is 1. The first-order valence-corrected chi connectivity index (χ1v) is 11.3. The van der Waals surface area contributed by atoms with Crippen molar-refractivity contribution in [2.75, 3.05) is 20.1 Å². The van der Waals surface area contributed by atoms with Gasteiger partial charge in [-0.1, -0.05) is 6.07 Å². The minimum Gasteiger partial charge on any atom is -0.550 e. The largest absolute Gasteiger partial charge is 0.550 e. The number of nitrogens with two attached hydrogens (primary N) is 1. The van der Waals surface area contributed by atoms with E-state index in [1.165, 1.54) is 12.8 Å². The molecule has 32 heavy (non-hydrogen) atoms. The summed E-state index contributed by atoms with van der Waals surface area (Å²) in [5.41, 5.74) is 5.23. The van der Waals surface area contributed by atoms with Gasteiger partial charge in [-0.25, -0.2) is 0 Å². The van der Waals surface area contributed by atoms with Crippen LogP contribution in [0.25, 0.3) is 0 Å². The molecule has 2 bridgehead atoms. The highest BCUT2D eigenvalue weighted by Gasteiger charge is 2.70. The lowest BCUT2D eigenvalue weighted by Gasteiger charge is -2.65. The number of hydrogen-bond donors (Lipinski definition) is 3. The average molecular weight is 445 g/mol. The average Bonchev–Trinajstić information content (AvgIpc) is 3.49. The molecule has 4 atom stereocenters. The topological polar surface area (TPSA) is 141 Å². The van der Waals surface area contributed by atoms with Gasteiger partial charge in [0.15, 0.2) is 0 Å². The number of phenols is 1. The third-order valence-electron chi connectivity index (χ3n) is 8.26. The number of benzene rings is 1. The summed E-state index contributed by atoms with van der Waals surface area (Å²) in [6.07, 6.45) is 4.85. The molecule has 4 aliphatic rings. The molecular formula is C24H32N2O6. The number of aliphatic hydroxyl groups is 1. The third kappa shape index (κ3) is 3.40. The zero-order valence-corrected chi connectivity index (χ0v) is 18.7. The van der Waals surface area contributed by atoms with Gasteiger partial charge in [-0.2, -0.15) is 0 Å². The fourth-order valence-corrected chi connectivity index (χ4v) is 6.73. The summed E-state index contributed by atoms with van der Waals surface area (Å²) < 4.78 is 0.828. The van der Waals surface area contributed by atoms with Gasteiger partial charge in [0.05, 0.1) is 25.7 Å². The van der Waals surface area contributed by atoms with E-state index in [1.54, 1.807) is 6.07 Å². The van der Waals surface area contributed by atoms with Crippen molar-refractivity contribution in [3.8, 4) is 5.75 Å². The molecule has 5 rings (SSSR count). The number of aliphatic carboxylic acids is 1. The number of aromatic hydroxyl groups is 1. The number of likely N-dealkylation sites (tertiary alicyclic amines) is 1. The molecule has 1 aliphatic heterocycles. The molecule has 3 fully saturated rings. The number of likely N-dealkylation sites (N-methyl/N-ethyl adjacent to an activating group) is 1. The molecule has 3 aliphatic carbocycles. The fourth-order valence-electron chi connectivity index (χ4n) is 6.73. The van der Waals surface area contributed by atoms with Crippen LogP contribution in [0.1, 0.15) is 66.9 Å². The summed E-state index contributed by atoms with van der Waals surface area (Å²) in [5.74, 6) is -1.04. The second-order valence-corrected chi connectivity index (χ2v) is 10.4. The smallest absolute Gasteiger partial charge is 0.252 e. The van der Waals surface area contributed by atoms with Crippen molar-refractivity contribution >= 4 is 17.7 Å². The number of piperidine rings is 1. The van der Waals surface area contributed by atoms with Crippen LogP contribution in [0.4, 0.5) is 0 Å². The van der Waals surface area contributed by atoms with Gasteiger partial charge in [0.1, 0.15) is 23.2 Å². The van der Waals surface area contributed by atoms with E-state index >= 15 is 0 Å². The Morgan fingerprint density at radius 3 is 2.53 bits per heavy atom. The molecule has 1 unspecified atom stereocenters. The van der Waals surface area contributed by atoms with Crippen molar-refractivity contribution in [2.24, 2.45) is 11.7 Å². The molecule has 8 heteroatoms. The second-order valence-electron chi connectivity index (χ2n) is 10.4. The van der Waals surface area contributed by atoms with Crippen LogP contribution in [0.15, 0.2) is 12.1 Å². The van der Waals surface area contributed by atoms with Crippen molar-refractivity contribution < 1.29 is 34.2 Å². The molecule has 1 aromatic rings. The van der Waals surface area contributed by atoms with Crippen LogP contribution in [0.5, 0.6) is 5.75 Å². The van der Waals surface area contributed by atoms with Crippen LogP contribution in [0.3, 0.4) is 0 Å². The molecule has 1 heterocycles. The quantitative estimate of drug-likeness (QED) is 0.567. The maximum Gasteiger partial charge on any atom is 0.252 e. The Bertz CT molecular complexity index is 985. The van der Waals surface area contributed by atoms with Crippen LogP contribution < -0.4 is 10.8 Å². The number of ketones is 1. The lowest BCUT2D eigenvalue weighted by atomic mass is 9.48. The monoisotopic (exact) mass is 444 g/mol. The number of carboxylic acids is 1. The number of rotatable bonds is 3. The number of carbonyl (C=O) groups is 3. The van der Waals surface area contributed by atoms with Crippen LogP contribution in [0, 0.1) is 5.92 Å². The van der Waals surface area contributed by atoms with E-state index in [-0.39, 0.29) is 29.6 Å². The van der Waals surface area contributed by atoms with Crippen LogP contribution >= 0.6 is 0 Å². The van der Waals surface area contributed by atoms with Gasteiger partial charge >= 0.3 is 0 Å². The summed E-state index contributed by atoms with van der Waals surface area (Å²) in [6, 6.07) is 3.46. The van der Waals surface area contributed by atoms with E-state index in [2.05, 4.69) is 7.05 Å².